The second kappa shape index (κ2) is 7.70. The number of Topliss-reactive ketones (excluding diaryl/α,β-unsaturated/α-hetero) is 1. The van der Waals surface area contributed by atoms with E-state index in [-0.39, 0.29) is 22.9 Å². The van der Waals surface area contributed by atoms with Gasteiger partial charge in [-0.3, -0.25) is 19.7 Å². The molecule has 2 aromatic rings. The number of nitro groups is 1. The molecule has 0 aliphatic heterocycles. The first-order valence-corrected chi connectivity index (χ1v) is 7.53. The van der Waals surface area contributed by atoms with Gasteiger partial charge in [-0.1, -0.05) is 35.9 Å². The standard InChI is InChI=1S/C17H15ClN2O4/c1-11-4-2-3-5-12(11)8-17(22)19-13-6-7-15(18)14(9-13)16(21)10-20(23)24/h2-7,9H,8,10H2,1H3,(H,19,22). The Morgan fingerprint density at radius 2 is 1.92 bits per heavy atom. The van der Waals surface area contributed by atoms with Crippen molar-refractivity contribution in [3.05, 3.63) is 74.3 Å². The van der Waals surface area contributed by atoms with E-state index in [0.717, 1.165) is 11.1 Å². The summed E-state index contributed by atoms with van der Waals surface area (Å²) in [6.07, 6.45) is 0.188. The highest BCUT2D eigenvalue weighted by Crippen LogP contribution is 2.21. The zero-order chi connectivity index (χ0) is 17.7. The van der Waals surface area contributed by atoms with E-state index in [1.54, 1.807) is 6.07 Å². The molecule has 124 valence electrons. The lowest BCUT2D eigenvalue weighted by Gasteiger charge is -2.09. The summed E-state index contributed by atoms with van der Waals surface area (Å²) in [4.78, 5) is 33.7. The average Bonchev–Trinajstić information content (AvgIpc) is 2.50. The van der Waals surface area contributed by atoms with E-state index < -0.39 is 17.3 Å². The van der Waals surface area contributed by atoms with Crippen molar-refractivity contribution in [3.8, 4) is 0 Å². The number of hydrogen-bond donors (Lipinski definition) is 1. The van der Waals surface area contributed by atoms with Gasteiger partial charge in [0.15, 0.2) is 0 Å². The quantitative estimate of drug-likeness (QED) is 0.493. The SMILES string of the molecule is Cc1ccccc1CC(=O)Nc1ccc(Cl)c(C(=O)C[N+](=O)[O-])c1. The molecule has 0 heterocycles. The third kappa shape index (κ3) is 4.63. The summed E-state index contributed by atoms with van der Waals surface area (Å²) in [5, 5.41) is 13.2. The second-order valence-corrected chi connectivity index (χ2v) is 5.67. The van der Waals surface area contributed by atoms with Crippen LogP contribution in [0.5, 0.6) is 0 Å². The summed E-state index contributed by atoms with van der Waals surface area (Å²) in [6.45, 7) is 1.07. The van der Waals surface area contributed by atoms with Crippen molar-refractivity contribution in [1.29, 1.82) is 0 Å². The molecule has 1 N–H and O–H groups in total. The lowest BCUT2D eigenvalue weighted by Crippen LogP contribution is -2.17. The van der Waals surface area contributed by atoms with Gasteiger partial charge in [0, 0.05) is 16.2 Å². The molecule has 0 spiro atoms. The molecule has 24 heavy (non-hydrogen) atoms. The first-order chi connectivity index (χ1) is 11.4. The van der Waals surface area contributed by atoms with Crippen LogP contribution in [0, 0.1) is 17.0 Å². The number of halogens is 1. The van der Waals surface area contributed by atoms with E-state index in [4.69, 9.17) is 11.6 Å². The number of carbonyl (C=O) groups is 2. The molecule has 0 atom stereocenters. The van der Waals surface area contributed by atoms with Crippen LogP contribution >= 0.6 is 11.6 Å². The van der Waals surface area contributed by atoms with Crippen molar-refractivity contribution in [2.24, 2.45) is 0 Å². The molecule has 0 bridgehead atoms. The molecule has 0 fully saturated rings. The fourth-order valence-corrected chi connectivity index (χ4v) is 2.43. The zero-order valence-corrected chi connectivity index (χ0v) is 13.7. The highest BCUT2D eigenvalue weighted by atomic mass is 35.5. The number of ketones is 1. The van der Waals surface area contributed by atoms with E-state index in [0.29, 0.717) is 5.69 Å². The topological polar surface area (TPSA) is 89.3 Å². The number of anilines is 1. The highest BCUT2D eigenvalue weighted by Gasteiger charge is 2.17. The molecule has 0 aromatic heterocycles. The van der Waals surface area contributed by atoms with Crippen molar-refractivity contribution in [2.75, 3.05) is 11.9 Å². The van der Waals surface area contributed by atoms with Crippen LogP contribution in [0.2, 0.25) is 5.02 Å². The van der Waals surface area contributed by atoms with Gasteiger partial charge in [-0.05, 0) is 36.2 Å². The van der Waals surface area contributed by atoms with Crippen LogP contribution in [0.4, 0.5) is 5.69 Å². The zero-order valence-electron chi connectivity index (χ0n) is 12.9. The average molecular weight is 347 g/mol. The Morgan fingerprint density at radius 3 is 2.58 bits per heavy atom. The number of nitrogens with zero attached hydrogens (tertiary/aromatic N) is 1. The smallest absolute Gasteiger partial charge is 0.265 e. The molecule has 0 saturated heterocycles. The van der Waals surface area contributed by atoms with E-state index in [1.807, 2.05) is 31.2 Å². The van der Waals surface area contributed by atoms with Crippen LogP contribution < -0.4 is 5.32 Å². The van der Waals surface area contributed by atoms with Gasteiger partial charge >= 0.3 is 0 Å². The summed E-state index contributed by atoms with van der Waals surface area (Å²) in [5.74, 6) is -0.959. The normalized spacial score (nSPS) is 10.2. The molecule has 0 unspecified atom stereocenters. The lowest BCUT2D eigenvalue weighted by atomic mass is 10.1. The second-order valence-electron chi connectivity index (χ2n) is 5.26. The molecule has 1 amide bonds. The Balaban J connectivity index is 2.12. The summed E-state index contributed by atoms with van der Waals surface area (Å²) in [5.41, 5.74) is 2.28. The Hall–Kier alpha value is -2.73. The highest BCUT2D eigenvalue weighted by molar-refractivity contribution is 6.34. The van der Waals surface area contributed by atoms with Crippen molar-refractivity contribution in [2.45, 2.75) is 13.3 Å². The van der Waals surface area contributed by atoms with Gasteiger partial charge in [0.2, 0.25) is 11.7 Å². The molecule has 0 aliphatic rings. The molecular weight excluding hydrogens is 332 g/mol. The summed E-state index contributed by atoms with van der Waals surface area (Å²) < 4.78 is 0. The summed E-state index contributed by atoms with van der Waals surface area (Å²) in [7, 11) is 0. The minimum atomic E-state index is -0.847. The number of benzene rings is 2. The Bertz CT molecular complexity index is 805. The third-order valence-electron chi connectivity index (χ3n) is 3.44. The Labute approximate surface area is 143 Å². The van der Waals surface area contributed by atoms with Gasteiger partial charge < -0.3 is 5.32 Å². The predicted octanol–water partition coefficient (Wildman–Crippen LogP) is 3.29. The largest absolute Gasteiger partial charge is 0.326 e. The van der Waals surface area contributed by atoms with Crippen LogP contribution in [0.25, 0.3) is 0 Å². The number of nitrogens with one attached hydrogen (secondary N) is 1. The summed E-state index contributed by atoms with van der Waals surface area (Å²) >= 11 is 5.91. The van der Waals surface area contributed by atoms with Crippen molar-refractivity contribution < 1.29 is 14.5 Å². The maximum atomic E-state index is 12.1. The minimum Gasteiger partial charge on any atom is -0.326 e. The van der Waals surface area contributed by atoms with E-state index in [1.165, 1.54) is 12.1 Å². The van der Waals surface area contributed by atoms with Crippen LogP contribution in [0.3, 0.4) is 0 Å². The van der Waals surface area contributed by atoms with Crippen molar-refractivity contribution >= 4 is 29.0 Å². The van der Waals surface area contributed by atoms with Crippen LogP contribution in [0.15, 0.2) is 42.5 Å². The van der Waals surface area contributed by atoms with Crippen molar-refractivity contribution in [1.82, 2.24) is 0 Å². The maximum absolute atomic E-state index is 12.1. The number of carbonyl (C=O) groups excluding carboxylic acids is 2. The monoisotopic (exact) mass is 346 g/mol. The first kappa shape index (κ1) is 17.6. The van der Waals surface area contributed by atoms with Gasteiger partial charge in [0.1, 0.15) is 0 Å². The van der Waals surface area contributed by atoms with E-state index in [2.05, 4.69) is 5.32 Å². The molecule has 0 aliphatic carbocycles. The fraction of sp³-hybridized carbons (Fsp3) is 0.176. The maximum Gasteiger partial charge on any atom is 0.265 e. The van der Waals surface area contributed by atoms with Crippen LogP contribution in [-0.4, -0.2) is 23.2 Å². The van der Waals surface area contributed by atoms with Gasteiger partial charge in [0.25, 0.3) is 6.54 Å². The molecule has 2 rings (SSSR count). The minimum absolute atomic E-state index is 0.0158. The third-order valence-corrected chi connectivity index (χ3v) is 3.77. The Morgan fingerprint density at radius 1 is 1.21 bits per heavy atom. The molecule has 0 saturated carbocycles. The molecule has 0 radical (unpaired) electrons. The molecular formula is C17H15ClN2O4. The predicted molar refractivity (Wildman–Crippen MR) is 91.2 cm³/mol. The summed E-state index contributed by atoms with van der Waals surface area (Å²) in [6, 6.07) is 11.8. The lowest BCUT2D eigenvalue weighted by molar-refractivity contribution is -0.465. The number of amides is 1. The van der Waals surface area contributed by atoms with Crippen LogP contribution in [-0.2, 0) is 11.2 Å². The van der Waals surface area contributed by atoms with E-state index in [9.17, 15) is 19.7 Å². The molecule has 6 nitrogen and oxygen atoms in total. The van der Waals surface area contributed by atoms with Gasteiger partial charge in [0.05, 0.1) is 11.4 Å². The van der Waals surface area contributed by atoms with Crippen LogP contribution in [0.1, 0.15) is 21.5 Å². The van der Waals surface area contributed by atoms with E-state index >= 15 is 0 Å². The Kier molecular flexibility index (Phi) is 5.65. The number of rotatable bonds is 6. The van der Waals surface area contributed by atoms with Gasteiger partial charge in [-0.2, -0.15) is 0 Å². The number of hydrogen-bond acceptors (Lipinski definition) is 4. The number of aryl methyl sites for hydroxylation is 1. The fourth-order valence-electron chi connectivity index (χ4n) is 2.21. The van der Waals surface area contributed by atoms with Gasteiger partial charge in [-0.25, -0.2) is 0 Å². The first-order valence-electron chi connectivity index (χ1n) is 7.15. The molecule has 7 heteroatoms. The van der Waals surface area contributed by atoms with Crippen molar-refractivity contribution in [3.63, 3.8) is 0 Å². The molecule has 2 aromatic carbocycles. The van der Waals surface area contributed by atoms with Gasteiger partial charge in [-0.15, -0.1) is 0 Å².